The summed E-state index contributed by atoms with van der Waals surface area (Å²) < 4.78 is 8.20. The number of likely N-dealkylation sites (tertiary alicyclic amines) is 1. The summed E-state index contributed by atoms with van der Waals surface area (Å²) in [5, 5.41) is 24.3. The minimum atomic E-state index is -1.18. The Bertz CT molecular complexity index is 1420. The number of carbonyl (C=O) groups excluding carboxylic acids is 3. The van der Waals surface area contributed by atoms with Gasteiger partial charge in [-0.05, 0) is 50.5 Å². The lowest BCUT2D eigenvalue weighted by Gasteiger charge is -2.36. The van der Waals surface area contributed by atoms with E-state index in [1.54, 1.807) is 16.8 Å². The fraction of sp³-hybridized carbons (Fsp3) is 0.464. The van der Waals surface area contributed by atoms with E-state index in [4.69, 9.17) is 4.74 Å². The number of rotatable bonds is 8. The van der Waals surface area contributed by atoms with Gasteiger partial charge in [-0.3, -0.25) is 14.4 Å². The molecule has 3 saturated heterocycles. The first-order valence-corrected chi connectivity index (χ1v) is 13.4. The normalized spacial score (nSPS) is 30.0. The Balaban J connectivity index is 1.33. The maximum Gasteiger partial charge on any atom is 0.247 e. The third-order valence-electron chi connectivity index (χ3n) is 8.69. The number of carbonyl (C=O) groups is 3. The van der Waals surface area contributed by atoms with E-state index in [0.717, 1.165) is 5.52 Å². The fourth-order valence-corrected chi connectivity index (χ4v) is 6.90. The van der Waals surface area contributed by atoms with Gasteiger partial charge < -0.3 is 25.4 Å². The summed E-state index contributed by atoms with van der Waals surface area (Å²) in [4.78, 5) is 43.2. The zero-order valence-electron chi connectivity index (χ0n) is 21.9. The highest BCUT2D eigenvalue weighted by atomic mass is 16.5. The van der Waals surface area contributed by atoms with Crippen molar-refractivity contribution in [3.8, 4) is 0 Å². The van der Waals surface area contributed by atoms with Gasteiger partial charge in [0.05, 0.1) is 35.6 Å². The second kappa shape index (κ2) is 9.42. The maximum atomic E-state index is 14.1. The summed E-state index contributed by atoms with van der Waals surface area (Å²) in [7, 11) is 0. The second-order valence-corrected chi connectivity index (χ2v) is 10.8. The molecule has 2 aromatic carbocycles. The molecule has 3 aliphatic rings. The van der Waals surface area contributed by atoms with Crippen LogP contribution >= 0.6 is 0 Å². The first-order valence-electron chi connectivity index (χ1n) is 13.4. The molecule has 6 rings (SSSR count). The number of nitrogens with one attached hydrogen (secondary N) is 2. The Kier molecular flexibility index (Phi) is 6.15. The van der Waals surface area contributed by atoms with Crippen LogP contribution in [0, 0.1) is 11.8 Å². The number of aromatic nitrogens is 3. The highest BCUT2D eigenvalue weighted by molar-refractivity contribution is 6.02. The average molecular weight is 533 g/mol. The van der Waals surface area contributed by atoms with Crippen LogP contribution in [0.5, 0.6) is 0 Å². The number of anilines is 1. The van der Waals surface area contributed by atoms with Gasteiger partial charge in [-0.2, -0.15) is 0 Å². The summed E-state index contributed by atoms with van der Waals surface area (Å²) >= 11 is 0. The van der Waals surface area contributed by atoms with Crippen molar-refractivity contribution in [1.82, 2.24) is 25.2 Å². The zero-order chi connectivity index (χ0) is 27.4. The molecule has 204 valence electrons. The summed E-state index contributed by atoms with van der Waals surface area (Å²) in [5.41, 5.74) is 0.0148. The van der Waals surface area contributed by atoms with E-state index in [2.05, 4.69) is 20.9 Å². The quantitative estimate of drug-likeness (QED) is 0.401. The van der Waals surface area contributed by atoms with Crippen LogP contribution < -0.4 is 10.6 Å². The number of nitrogens with zero attached hydrogens (tertiary/aromatic N) is 4. The summed E-state index contributed by atoms with van der Waals surface area (Å²) in [6.45, 7) is 3.45. The Morgan fingerprint density at radius 2 is 1.87 bits per heavy atom. The van der Waals surface area contributed by atoms with Gasteiger partial charge in [-0.1, -0.05) is 42.5 Å². The number of benzene rings is 2. The van der Waals surface area contributed by atoms with E-state index in [1.165, 1.54) is 4.90 Å². The van der Waals surface area contributed by atoms with E-state index < -0.39 is 41.0 Å². The standard InChI is InChI=1S/C28H32N6O5/c1-3-18(15-35)34-23(25(37)29-16-33-20-12-8-7-11-19(20)31-32-33)28-14-13-27(2,39-28)21(22(28)26(34)38)24(36)30-17-9-5-4-6-10-17/h4-12,18,21-23,35H,3,13-16H2,1-2H3,(H,29,37)(H,30,36)/t18-,21-,22-,23?,27+,28?/m0/s1. The Morgan fingerprint density at radius 1 is 1.13 bits per heavy atom. The molecule has 6 atom stereocenters. The fourth-order valence-electron chi connectivity index (χ4n) is 6.90. The van der Waals surface area contributed by atoms with Crippen molar-refractivity contribution < 1.29 is 24.2 Å². The Morgan fingerprint density at radius 3 is 2.62 bits per heavy atom. The van der Waals surface area contributed by atoms with Crippen LogP contribution in [-0.2, 0) is 25.8 Å². The topological polar surface area (TPSA) is 139 Å². The number of hydrogen-bond donors (Lipinski definition) is 3. The lowest BCUT2D eigenvalue weighted by atomic mass is 9.66. The van der Waals surface area contributed by atoms with Gasteiger partial charge in [-0.15, -0.1) is 5.10 Å². The number of ether oxygens (including phenoxy) is 1. The van der Waals surface area contributed by atoms with Crippen LogP contribution in [-0.4, -0.2) is 72.6 Å². The summed E-state index contributed by atoms with van der Waals surface area (Å²) in [6.07, 6.45) is 1.43. The summed E-state index contributed by atoms with van der Waals surface area (Å²) in [6, 6.07) is 14.9. The average Bonchev–Trinajstić information content (AvgIpc) is 3.64. The Labute approximate surface area is 225 Å². The largest absolute Gasteiger partial charge is 0.394 e. The molecule has 0 saturated carbocycles. The van der Waals surface area contributed by atoms with E-state index in [9.17, 15) is 19.5 Å². The van der Waals surface area contributed by atoms with E-state index in [0.29, 0.717) is 30.5 Å². The molecular formula is C28H32N6O5. The third-order valence-corrected chi connectivity index (χ3v) is 8.69. The van der Waals surface area contributed by atoms with Crippen LogP contribution in [0.1, 0.15) is 33.1 Å². The molecule has 2 bridgehead atoms. The highest BCUT2D eigenvalue weighted by Gasteiger charge is 2.78. The Hall–Kier alpha value is -3.83. The number of para-hydroxylation sites is 2. The van der Waals surface area contributed by atoms with Gasteiger partial charge in [-0.25, -0.2) is 4.68 Å². The van der Waals surface area contributed by atoms with E-state index in [-0.39, 0.29) is 25.1 Å². The monoisotopic (exact) mass is 532 g/mol. The molecule has 39 heavy (non-hydrogen) atoms. The van der Waals surface area contributed by atoms with Gasteiger partial charge in [0.2, 0.25) is 17.7 Å². The van der Waals surface area contributed by atoms with Crippen LogP contribution in [0.15, 0.2) is 54.6 Å². The highest BCUT2D eigenvalue weighted by Crippen LogP contribution is 2.63. The molecule has 4 heterocycles. The van der Waals surface area contributed by atoms with E-state index in [1.807, 2.05) is 56.3 Å². The van der Waals surface area contributed by atoms with Crippen LogP contribution in [0.2, 0.25) is 0 Å². The molecule has 1 spiro atoms. The van der Waals surface area contributed by atoms with Gasteiger partial charge in [0.15, 0.2) is 0 Å². The van der Waals surface area contributed by atoms with Crippen LogP contribution in [0.25, 0.3) is 11.0 Å². The van der Waals surface area contributed by atoms with Gasteiger partial charge in [0, 0.05) is 5.69 Å². The number of amides is 3. The molecule has 3 N–H and O–H groups in total. The molecule has 3 aromatic rings. The first kappa shape index (κ1) is 25.4. The van der Waals surface area contributed by atoms with Gasteiger partial charge in [0.25, 0.3) is 0 Å². The number of fused-ring (bicyclic) bond motifs is 2. The molecular weight excluding hydrogens is 500 g/mol. The van der Waals surface area contributed by atoms with Gasteiger partial charge >= 0.3 is 0 Å². The smallest absolute Gasteiger partial charge is 0.247 e. The molecule has 11 heteroatoms. The van der Waals surface area contributed by atoms with Crippen molar-refractivity contribution in [1.29, 1.82) is 0 Å². The third kappa shape index (κ3) is 3.82. The van der Waals surface area contributed by atoms with Gasteiger partial charge in [0.1, 0.15) is 23.8 Å². The van der Waals surface area contributed by atoms with Crippen LogP contribution in [0.4, 0.5) is 5.69 Å². The van der Waals surface area contributed by atoms with E-state index >= 15 is 0 Å². The first-order chi connectivity index (χ1) is 18.8. The lowest BCUT2D eigenvalue weighted by Crippen LogP contribution is -2.58. The molecule has 3 fully saturated rings. The lowest BCUT2D eigenvalue weighted by molar-refractivity contribution is -0.149. The molecule has 3 aliphatic heterocycles. The molecule has 2 unspecified atom stereocenters. The predicted molar refractivity (Wildman–Crippen MR) is 141 cm³/mol. The van der Waals surface area contributed by atoms with Crippen LogP contribution in [0.3, 0.4) is 0 Å². The summed E-state index contributed by atoms with van der Waals surface area (Å²) in [5.74, 6) is -2.68. The van der Waals surface area contributed by atoms with Crippen molar-refractivity contribution in [3.05, 3.63) is 54.6 Å². The second-order valence-electron chi connectivity index (χ2n) is 10.8. The van der Waals surface area contributed by atoms with Crippen molar-refractivity contribution in [2.45, 2.75) is 63.1 Å². The molecule has 1 aromatic heterocycles. The SMILES string of the molecule is CC[C@@H](CO)N1C(=O)[C@@H]2[C@@H](C(=O)Nc3ccccc3)[C@@]3(C)CCC2(O3)C1C(=O)NCn1nnc2ccccc21. The maximum absolute atomic E-state index is 14.1. The minimum Gasteiger partial charge on any atom is -0.394 e. The zero-order valence-corrected chi connectivity index (χ0v) is 21.9. The van der Waals surface area contributed by atoms with Crippen molar-refractivity contribution in [2.75, 3.05) is 11.9 Å². The number of aliphatic hydroxyl groups excluding tert-OH is 1. The minimum absolute atomic E-state index is 0.0454. The molecule has 3 amide bonds. The molecule has 11 nitrogen and oxygen atoms in total. The van der Waals surface area contributed by atoms with Crippen molar-refractivity contribution >= 4 is 34.4 Å². The molecule has 0 aliphatic carbocycles. The van der Waals surface area contributed by atoms with Crippen molar-refractivity contribution in [2.24, 2.45) is 11.8 Å². The number of aliphatic hydroxyl groups is 1. The van der Waals surface area contributed by atoms with Crippen molar-refractivity contribution in [3.63, 3.8) is 0 Å². The molecule has 0 radical (unpaired) electrons. The number of hydrogen-bond acceptors (Lipinski definition) is 7. The predicted octanol–water partition coefficient (Wildman–Crippen LogP) is 1.68.